The number of hydrogen-bond acceptors (Lipinski definition) is 7. The predicted molar refractivity (Wildman–Crippen MR) is 121 cm³/mol. The van der Waals surface area contributed by atoms with E-state index in [4.69, 9.17) is 0 Å². The fourth-order valence-corrected chi connectivity index (χ4v) is 5.14. The Morgan fingerprint density at radius 2 is 1.93 bits per heavy atom. The van der Waals surface area contributed by atoms with Crippen molar-refractivity contribution in [1.82, 2.24) is 19.7 Å². The van der Waals surface area contributed by atoms with Gasteiger partial charge >= 0.3 is 0 Å². The van der Waals surface area contributed by atoms with Gasteiger partial charge in [-0.15, -0.1) is 21.5 Å². The standard InChI is InChI=1S/C21H21N5O2S2/c1-12(2)9-15-24-25-21(29-15)23-18(27)17-13(3)16-19(30-17)22-11-26(20(16)28)10-14-7-5-4-6-8-14/h4-8,11-12H,9-10H2,1-3H3,(H,23,25,27). The molecule has 30 heavy (non-hydrogen) atoms. The van der Waals surface area contributed by atoms with Crippen molar-refractivity contribution in [2.24, 2.45) is 5.92 Å². The Hall–Kier alpha value is -2.91. The van der Waals surface area contributed by atoms with E-state index in [9.17, 15) is 9.59 Å². The minimum absolute atomic E-state index is 0.146. The van der Waals surface area contributed by atoms with Crippen LogP contribution in [0.15, 0.2) is 41.5 Å². The van der Waals surface area contributed by atoms with Gasteiger partial charge in [-0.25, -0.2) is 4.98 Å². The van der Waals surface area contributed by atoms with Crippen molar-refractivity contribution in [2.75, 3.05) is 5.32 Å². The number of aryl methyl sites for hydroxylation is 1. The first-order valence-corrected chi connectivity index (χ1v) is 11.2. The maximum absolute atomic E-state index is 13.0. The van der Waals surface area contributed by atoms with Crippen LogP contribution in [0.2, 0.25) is 0 Å². The van der Waals surface area contributed by atoms with Crippen molar-refractivity contribution in [2.45, 2.75) is 33.7 Å². The van der Waals surface area contributed by atoms with Gasteiger partial charge in [0.05, 0.1) is 23.1 Å². The average molecular weight is 440 g/mol. The molecule has 0 radical (unpaired) electrons. The number of amides is 1. The first-order valence-electron chi connectivity index (χ1n) is 9.58. The zero-order valence-corrected chi connectivity index (χ0v) is 18.5. The number of hydrogen-bond donors (Lipinski definition) is 1. The third-order valence-corrected chi connectivity index (χ3v) is 6.65. The molecule has 3 heterocycles. The topological polar surface area (TPSA) is 89.8 Å². The summed E-state index contributed by atoms with van der Waals surface area (Å²) in [6, 6.07) is 9.73. The molecule has 1 aromatic carbocycles. The molecule has 4 rings (SSSR count). The van der Waals surface area contributed by atoms with Crippen LogP contribution < -0.4 is 10.9 Å². The van der Waals surface area contributed by atoms with Crippen LogP contribution in [0.4, 0.5) is 5.13 Å². The molecular formula is C21H21N5O2S2. The predicted octanol–water partition coefficient (Wildman–Crippen LogP) is 4.12. The summed E-state index contributed by atoms with van der Waals surface area (Å²) in [5.41, 5.74) is 1.51. The fourth-order valence-electron chi connectivity index (χ4n) is 3.16. The molecule has 0 saturated carbocycles. The molecule has 0 saturated heterocycles. The number of anilines is 1. The molecule has 4 aromatic rings. The smallest absolute Gasteiger partial charge is 0.267 e. The van der Waals surface area contributed by atoms with Gasteiger partial charge in [0.15, 0.2) is 0 Å². The highest BCUT2D eigenvalue weighted by molar-refractivity contribution is 7.21. The van der Waals surface area contributed by atoms with E-state index in [-0.39, 0.29) is 11.5 Å². The van der Waals surface area contributed by atoms with Crippen LogP contribution in [-0.2, 0) is 13.0 Å². The second kappa shape index (κ2) is 8.45. The van der Waals surface area contributed by atoms with Crippen molar-refractivity contribution in [1.29, 1.82) is 0 Å². The Morgan fingerprint density at radius 3 is 2.67 bits per heavy atom. The molecule has 0 aliphatic carbocycles. The van der Waals surface area contributed by atoms with Gasteiger partial charge < -0.3 is 0 Å². The van der Waals surface area contributed by atoms with Crippen LogP contribution in [0.5, 0.6) is 0 Å². The average Bonchev–Trinajstić information content (AvgIpc) is 3.28. The second-order valence-corrected chi connectivity index (χ2v) is 9.51. The number of fused-ring (bicyclic) bond motifs is 1. The third kappa shape index (κ3) is 4.17. The van der Waals surface area contributed by atoms with Crippen LogP contribution in [0.25, 0.3) is 10.2 Å². The Balaban J connectivity index is 1.61. The van der Waals surface area contributed by atoms with Crippen molar-refractivity contribution in [3.05, 3.63) is 68.0 Å². The summed E-state index contributed by atoms with van der Waals surface area (Å²) in [5, 5.41) is 12.8. The van der Waals surface area contributed by atoms with E-state index in [1.54, 1.807) is 11.5 Å². The number of aromatic nitrogens is 4. The summed E-state index contributed by atoms with van der Waals surface area (Å²) in [6.07, 6.45) is 2.36. The molecule has 154 valence electrons. The number of carbonyl (C=O) groups excluding carboxylic acids is 1. The molecule has 0 unspecified atom stereocenters. The van der Waals surface area contributed by atoms with Gasteiger partial charge in [-0.2, -0.15) is 0 Å². The van der Waals surface area contributed by atoms with Crippen molar-refractivity contribution in [3.63, 3.8) is 0 Å². The Morgan fingerprint density at radius 1 is 1.17 bits per heavy atom. The highest BCUT2D eigenvalue weighted by Crippen LogP contribution is 2.28. The van der Waals surface area contributed by atoms with Gasteiger partial charge in [0.2, 0.25) is 5.13 Å². The largest absolute Gasteiger partial charge is 0.296 e. The van der Waals surface area contributed by atoms with E-state index in [1.807, 2.05) is 30.3 Å². The normalized spacial score (nSPS) is 11.3. The van der Waals surface area contributed by atoms with Crippen molar-refractivity contribution >= 4 is 43.9 Å². The first-order chi connectivity index (χ1) is 14.4. The Labute approximate surface area is 181 Å². The molecule has 7 nitrogen and oxygen atoms in total. The number of rotatable bonds is 6. The van der Waals surface area contributed by atoms with E-state index in [1.165, 1.54) is 29.0 Å². The maximum atomic E-state index is 13.0. The van der Waals surface area contributed by atoms with Crippen LogP contribution in [0, 0.1) is 12.8 Å². The van der Waals surface area contributed by atoms with E-state index in [0.29, 0.717) is 38.3 Å². The molecule has 0 aliphatic rings. The summed E-state index contributed by atoms with van der Waals surface area (Å²) < 4.78 is 1.57. The van der Waals surface area contributed by atoms with Crippen LogP contribution in [-0.4, -0.2) is 25.7 Å². The van der Waals surface area contributed by atoms with Crippen molar-refractivity contribution in [3.8, 4) is 0 Å². The number of nitrogens with zero attached hydrogens (tertiary/aromatic N) is 4. The molecule has 0 bridgehead atoms. The lowest BCUT2D eigenvalue weighted by Gasteiger charge is -2.05. The molecular weight excluding hydrogens is 418 g/mol. The fraction of sp³-hybridized carbons (Fsp3) is 0.286. The van der Waals surface area contributed by atoms with Gasteiger partial charge in [-0.05, 0) is 24.0 Å². The highest BCUT2D eigenvalue weighted by atomic mass is 32.1. The Kier molecular flexibility index (Phi) is 5.74. The van der Waals surface area contributed by atoms with Crippen LogP contribution in [0.1, 0.15) is 39.7 Å². The van der Waals surface area contributed by atoms with Gasteiger partial charge in [0.1, 0.15) is 9.84 Å². The lowest BCUT2D eigenvalue weighted by atomic mass is 10.1. The molecule has 0 aliphatic heterocycles. The van der Waals surface area contributed by atoms with Gasteiger partial charge in [-0.3, -0.25) is 19.5 Å². The lowest BCUT2D eigenvalue weighted by molar-refractivity contribution is 0.103. The molecule has 1 amide bonds. The van der Waals surface area contributed by atoms with E-state index < -0.39 is 0 Å². The van der Waals surface area contributed by atoms with E-state index >= 15 is 0 Å². The SMILES string of the molecule is Cc1c(C(=O)Nc2nnc(CC(C)C)s2)sc2ncn(Cc3ccccc3)c(=O)c12. The minimum Gasteiger partial charge on any atom is -0.296 e. The first kappa shape index (κ1) is 20.4. The number of carbonyl (C=O) groups is 1. The van der Waals surface area contributed by atoms with Gasteiger partial charge in [-0.1, -0.05) is 55.5 Å². The van der Waals surface area contributed by atoms with Gasteiger partial charge in [0.25, 0.3) is 11.5 Å². The zero-order valence-electron chi connectivity index (χ0n) is 16.9. The second-order valence-electron chi connectivity index (χ2n) is 7.45. The summed E-state index contributed by atoms with van der Waals surface area (Å²) in [4.78, 5) is 31.3. The lowest BCUT2D eigenvalue weighted by Crippen LogP contribution is -2.21. The third-order valence-electron chi connectivity index (χ3n) is 4.59. The number of benzene rings is 1. The zero-order chi connectivity index (χ0) is 21.3. The number of nitrogens with one attached hydrogen (secondary N) is 1. The number of thiophene rings is 1. The molecule has 0 fully saturated rings. The van der Waals surface area contributed by atoms with Gasteiger partial charge in [0, 0.05) is 6.42 Å². The summed E-state index contributed by atoms with van der Waals surface area (Å²) in [5.74, 6) is 0.173. The van der Waals surface area contributed by atoms with Crippen molar-refractivity contribution < 1.29 is 4.79 Å². The Bertz CT molecular complexity index is 1260. The highest BCUT2D eigenvalue weighted by Gasteiger charge is 2.21. The van der Waals surface area contributed by atoms with E-state index in [0.717, 1.165) is 17.0 Å². The van der Waals surface area contributed by atoms with Crippen LogP contribution in [0.3, 0.4) is 0 Å². The molecule has 9 heteroatoms. The monoisotopic (exact) mass is 439 g/mol. The maximum Gasteiger partial charge on any atom is 0.267 e. The quantitative estimate of drug-likeness (QED) is 0.488. The summed E-state index contributed by atoms with van der Waals surface area (Å²) >= 11 is 2.59. The van der Waals surface area contributed by atoms with E-state index in [2.05, 4.69) is 34.3 Å². The summed E-state index contributed by atoms with van der Waals surface area (Å²) in [7, 11) is 0. The molecule has 0 spiro atoms. The molecule has 0 atom stereocenters. The summed E-state index contributed by atoms with van der Waals surface area (Å²) in [6.45, 7) is 6.44. The molecule has 3 aromatic heterocycles. The minimum atomic E-state index is -0.295. The van der Waals surface area contributed by atoms with Crippen LogP contribution >= 0.6 is 22.7 Å². The molecule has 1 N–H and O–H groups in total.